The summed E-state index contributed by atoms with van der Waals surface area (Å²) in [5, 5.41) is 28.9. The Bertz CT molecular complexity index is 647. The van der Waals surface area contributed by atoms with Gasteiger partial charge in [0.2, 0.25) is 0 Å². The lowest BCUT2D eigenvalue weighted by Crippen LogP contribution is -2.34. The lowest BCUT2D eigenvalue weighted by Gasteiger charge is -2.13. The summed E-state index contributed by atoms with van der Waals surface area (Å²) in [6, 6.07) is 6.63. The summed E-state index contributed by atoms with van der Waals surface area (Å²) in [7, 11) is 0. The number of hydrogen-bond donors (Lipinski definition) is 3. The molecule has 1 aliphatic heterocycles. The van der Waals surface area contributed by atoms with Crippen LogP contribution in [0.5, 0.6) is 0 Å². The molecule has 4 atom stereocenters. The fourth-order valence-electron chi connectivity index (χ4n) is 2.23. The van der Waals surface area contributed by atoms with Crippen molar-refractivity contribution in [1.82, 2.24) is 4.74 Å². The Morgan fingerprint density at radius 2 is 1.95 bits per heavy atom. The number of fused-ring (bicyclic) bond motifs is 1. The fraction of sp³-hybridized carbons (Fsp3) is 0.417. The Labute approximate surface area is 107 Å². The fourth-order valence-corrected chi connectivity index (χ4v) is 2.23. The van der Waals surface area contributed by atoms with Crippen molar-refractivity contribution in [2.24, 2.45) is 0 Å². The second kappa shape index (κ2) is 4.46. The van der Waals surface area contributed by atoms with Gasteiger partial charge < -0.3 is 24.6 Å². The molecule has 1 aliphatic rings. The number of para-hydroxylation sites is 1. The summed E-state index contributed by atoms with van der Waals surface area (Å²) in [5.74, 6) is 0. The van der Waals surface area contributed by atoms with Crippen LogP contribution in [0.2, 0.25) is 0 Å². The number of benzene rings is 1. The average Bonchev–Trinajstić information content (AvgIpc) is 2.90. The molecule has 2 aromatic rings. The SMILES string of the molecule is O=c1c2ccccc2on1[C@@H]1O[C@H](CO)[C@@H](O)[C@H]1O. The number of ether oxygens (including phenoxy) is 1. The second-order valence-electron chi connectivity index (χ2n) is 4.45. The normalized spacial score (nSPS) is 31.1. The molecule has 1 aromatic heterocycles. The van der Waals surface area contributed by atoms with Gasteiger partial charge in [-0.25, -0.2) is 0 Å². The lowest BCUT2D eigenvalue weighted by molar-refractivity contribution is -0.0864. The van der Waals surface area contributed by atoms with Crippen molar-refractivity contribution in [3.8, 4) is 0 Å². The van der Waals surface area contributed by atoms with Crippen LogP contribution in [0.3, 0.4) is 0 Å². The third-order valence-corrected chi connectivity index (χ3v) is 3.26. The van der Waals surface area contributed by atoms with Gasteiger partial charge in [0.15, 0.2) is 11.8 Å². The molecule has 1 saturated heterocycles. The summed E-state index contributed by atoms with van der Waals surface area (Å²) < 4.78 is 11.5. The van der Waals surface area contributed by atoms with Crippen LogP contribution in [0.25, 0.3) is 11.0 Å². The van der Waals surface area contributed by atoms with Crippen molar-refractivity contribution in [1.29, 1.82) is 0 Å². The second-order valence-corrected chi connectivity index (χ2v) is 4.45. The molecule has 7 nitrogen and oxygen atoms in total. The number of rotatable bonds is 2. The minimum Gasteiger partial charge on any atom is -0.394 e. The van der Waals surface area contributed by atoms with Crippen LogP contribution in [0.1, 0.15) is 6.23 Å². The standard InChI is InChI=1S/C12H13NO6/c14-5-8-9(15)10(16)12(18-8)13-11(17)6-3-1-2-4-7(6)19-13/h1-4,8-10,12,14-16H,5H2/t8-,9-,10-,12-/m1/s1. The molecule has 0 spiro atoms. The van der Waals surface area contributed by atoms with E-state index in [2.05, 4.69) is 0 Å². The number of aromatic nitrogens is 1. The van der Waals surface area contributed by atoms with Gasteiger partial charge in [-0.1, -0.05) is 12.1 Å². The first-order valence-electron chi connectivity index (χ1n) is 5.86. The minimum absolute atomic E-state index is 0.361. The van der Waals surface area contributed by atoms with E-state index in [4.69, 9.17) is 14.4 Å². The van der Waals surface area contributed by atoms with Crippen LogP contribution in [-0.4, -0.2) is 45.0 Å². The van der Waals surface area contributed by atoms with E-state index in [0.29, 0.717) is 11.0 Å². The molecule has 7 heteroatoms. The lowest BCUT2D eigenvalue weighted by atomic mass is 10.1. The molecule has 2 heterocycles. The topological polar surface area (TPSA) is 105 Å². The maximum atomic E-state index is 12.1. The highest BCUT2D eigenvalue weighted by Gasteiger charge is 2.45. The molecule has 3 N–H and O–H groups in total. The van der Waals surface area contributed by atoms with Crippen LogP contribution in [0.15, 0.2) is 33.6 Å². The van der Waals surface area contributed by atoms with Crippen molar-refractivity contribution in [2.45, 2.75) is 24.5 Å². The largest absolute Gasteiger partial charge is 0.394 e. The van der Waals surface area contributed by atoms with Crippen LogP contribution in [0.4, 0.5) is 0 Å². The van der Waals surface area contributed by atoms with E-state index in [-0.39, 0.29) is 0 Å². The molecule has 0 radical (unpaired) electrons. The van der Waals surface area contributed by atoms with E-state index in [1.54, 1.807) is 24.3 Å². The molecular weight excluding hydrogens is 254 g/mol. The smallest absolute Gasteiger partial charge is 0.292 e. The van der Waals surface area contributed by atoms with Crippen molar-refractivity contribution in [3.63, 3.8) is 0 Å². The van der Waals surface area contributed by atoms with E-state index in [1.165, 1.54) is 0 Å². The zero-order valence-corrected chi connectivity index (χ0v) is 9.84. The predicted molar refractivity (Wildman–Crippen MR) is 63.5 cm³/mol. The Balaban J connectivity index is 2.06. The third kappa shape index (κ3) is 1.79. The van der Waals surface area contributed by atoms with E-state index >= 15 is 0 Å². The molecule has 1 aromatic carbocycles. The number of aliphatic hydroxyl groups is 3. The molecule has 102 valence electrons. The number of nitrogens with zero attached hydrogens (tertiary/aromatic N) is 1. The highest BCUT2D eigenvalue weighted by Crippen LogP contribution is 2.29. The Kier molecular flexibility index (Phi) is 2.90. The van der Waals surface area contributed by atoms with E-state index < -0.39 is 36.7 Å². The predicted octanol–water partition coefficient (Wildman–Crippen LogP) is -0.794. The minimum atomic E-state index is -1.34. The average molecular weight is 267 g/mol. The molecule has 3 rings (SSSR count). The van der Waals surface area contributed by atoms with Crippen LogP contribution < -0.4 is 5.56 Å². The van der Waals surface area contributed by atoms with Gasteiger partial charge in [-0.05, 0) is 12.1 Å². The molecule has 0 saturated carbocycles. The molecule has 19 heavy (non-hydrogen) atoms. The molecule has 0 unspecified atom stereocenters. The maximum absolute atomic E-state index is 12.1. The van der Waals surface area contributed by atoms with Gasteiger partial charge in [-0.3, -0.25) is 4.79 Å². The van der Waals surface area contributed by atoms with Gasteiger partial charge in [0.1, 0.15) is 18.3 Å². The quantitative estimate of drug-likeness (QED) is 0.658. The summed E-state index contributed by atoms with van der Waals surface area (Å²) in [6.07, 6.45) is -4.70. The highest BCUT2D eigenvalue weighted by atomic mass is 16.6. The summed E-state index contributed by atoms with van der Waals surface area (Å²) in [4.78, 5) is 12.1. The maximum Gasteiger partial charge on any atom is 0.292 e. The van der Waals surface area contributed by atoms with Gasteiger partial charge >= 0.3 is 0 Å². The highest BCUT2D eigenvalue weighted by molar-refractivity contribution is 5.75. The van der Waals surface area contributed by atoms with Crippen molar-refractivity contribution < 1.29 is 24.6 Å². The summed E-state index contributed by atoms with van der Waals surface area (Å²) >= 11 is 0. The first kappa shape index (κ1) is 12.4. The first-order valence-corrected chi connectivity index (χ1v) is 5.86. The Hall–Kier alpha value is -1.67. The zero-order valence-electron chi connectivity index (χ0n) is 9.84. The van der Waals surface area contributed by atoms with E-state index in [1.807, 2.05) is 0 Å². The molecule has 0 amide bonds. The summed E-state index contributed by atoms with van der Waals surface area (Å²) in [5.41, 5.74) is -0.0873. The van der Waals surface area contributed by atoms with E-state index in [9.17, 15) is 15.0 Å². The summed E-state index contributed by atoms with van der Waals surface area (Å²) in [6.45, 7) is -0.455. The van der Waals surface area contributed by atoms with Crippen molar-refractivity contribution in [3.05, 3.63) is 34.6 Å². The van der Waals surface area contributed by atoms with Crippen LogP contribution in [0, 0.1) is 0 Å². The van der Waals surface area contributed by atoms with Crippen LogP contribution >= 0.6 is 0 Å². The zero-order chi connectivity index (χ0) is 13.6. The monoisotopic (exact) mass is 267 g/mol. The third-order valence-electron chi connectivity index (χ3n) is 3.26. The Morgan fingerprint density at radius 1 is 1.21 bits per heavy atom. The molecule has 0 bridgehead atoms. The molecule has 1 fully saturated rings. The number of aliphatic hydroxyl groups excluding tert-OH is 3. The van der Waals surface area contributed by atoms with Gasteiger partial charge in [0, 0.05) is 0 Å². The first-order chi connectivity index (χ1) is 9.13. The number of hydrogen-bond acceptors (Lipinski definition) is 6. The van der Waals surface area contributed by atoms with E-state index in [0.717, 1.165) is 4.74 Å². The van der Waals surface area contributed by atoms with Gasteiger partial charge in [-0.2, -0.15) is 0 Å². The molecular formula is C12H13NO6. The van der Waals surface area contributed by atoms with Gasteiger partial charge in [0.05, 0.1) is 12.0 Å². The van der Waals surface area contributed by atoms with Gasteiger partial charge in [0.25, 0.3) is 5.56 Å². The van der Waals surface area contributed by atoms with Crippen molar-refractivity contribution in [2.75, 3.05) is 6.61 Å². The van der Waals surface area contributed by atoms with Crippen molar-refractivity contribution >= 4 is 11.0 Å². The van der Waals surface area contributed by atoms with Crippen LogP contribution in [-0.2, 0) is 4.74 Å². The Morgan fingerprint density at radius 3 is 2.58 bits per heavy atom. The van der Waals surface area contributed by atoms with Gasteiger partial charge in [-0.15, -0.1) is 4.74 Å². The molecule has 0 aliphatic carbocycles.